The summed E-state index contributed by atoms with van der Waals surface area (Å²) in [5.74, 6) is 0.962. The fourth-order valence-electron chi connectivity index (χ4n) is 0.914. The quantitative estimate of drug-likeness (QED) is 0.677. The van der Waals surface area contributed by atoms with Crippen LogP contribution >= 0.6 is 11.8 Å². The maximum atomic E-state index is 4.14. The minimum absolute atomic E-state index is 0.0145. The van der Waals surface area contributed by atoms with E-state index in [1.807, 2.05) is 11.6 Å². The maximum absolute atomic E-state index is 4.14. The summed E-state index contributed by atoms with van der Waals surface area (Å²) in [6.07, 6.45) is 3.66. The van der Waals surface area contributed by atoms with Gasteiger partial charge in [-0.1, -0.05) is 0 Å². The summed E-state index contributed by atoms with van der Waals surface area (Å²) < 4.78 is 1.93. The molecule has 1 heterocycles. The lowest BCUT2D eigenvalue weighted by atomic mass is 10.4. The van der Waals surface area contributed by atoms with E-state index in [0.717, 1.165) is 5.82 Å². The lowest BCUT2D eigenvalue weighted by Gasteiger charge is -2.23. The van der Waals surface area contributed by atoms with Crippen LogP contribution < -0.4 is 0 Å². The molecule has 0 radical (unpaired) electrons. The predicted octanol–water partition coefficient (Wildman–Crippen LogP) is 1.64. The first-order valence-electron chi connectivity index (χ1n) is 3.50. The summed E-state index contributed by atoms with van der Waals surface area (Å²) in [7, 11) is 0. The number of thioether (sulfide) groups is 1. The molecular weight excluding hydrogens is 158 g/mol. The summed E-state index contributed by atoms with van der Waals surface area (Å²) in [6.45, 7) is 6.21. The van der Waals surface area contributed by atoms with Gasteiger partial charge in [0.05, 0.1) is 0 Å². The van der Waals surface area contributed by atoms with Gasteiger partial charge in [0.15, 0.2) is 0 Å². The smallest absolute Gasteiger partial charge is 0.138 e. The first kappa shape index (κ1) is 8.59. The van der Waals surface area contributed by atoms with Gasteiger partial charge in [0, 0.05) is 0 Å². The van der Waals surface area contributed by atoms with Gasteiger partial charge >= 0.3 is 0 Å². The van der Waals surface area contributed by atoms with Crippen LogP contribution in [0.5, 0.6) is 0 Å². The maximum Gasteiger partial charge on any atom is 0.138 e. The summed E-state index contributed by atoms with van der Waals surface area (Å²) >= 11 is 1.76. The Hall–Kier alpha value is -0.510. The Balaban J connectivity index is 3.00. The highest BCUT2D eigenvalue weighted by molar-refractivity contribution is 7.99. The van der Waals surface area contributed by atoms with E-state index < -0.39 is 0 Å². The van der Waals surface area contributed by atoms with Gasteiger partial charge in [0.2, 0.25) is 0 Å². The molecule has 0 atom stereocenters. The number of hydrogen-bond acceptors (Lipinski definition) is 3. The third-order valence-electron chi connectivity index (χ3n) is 1.73. The van der Waals surface area contributed by atoms with E-state index in [2.05, 4.69) is 30.2 Å². The van der Waals surface area contributed by atoms with Gasteiger partial charge < -0.3 is 0 Å². The Kier molecular flexibility index (Phi) is 2.23. The second kappa shape index (κ2) is 2.85. The molecule has 0 aromatic carbocycles. The molecular formula is C7H13N3S. The van der Waals surface area contributed by atoms with Crippen molar-refractivity contribution in [3.63, 3.8) is 0 Å². The second-order valence-corrected chi connectivity index (χ2v) is 4.28. The van der Waals surface area contributed by atoms with Crippen LogP contribution in [0.3, 0.4) is 0 Å². The molecule has 1 aromatic rings. The second-order valence-electron chi connectivity index (χ2n) is 2.87. The van der Waals surface area contributed by atoms with Gasteiger partial charge in [-0.05, 0) is 27.0 Å². The molecule has 62 valence electrons. The summed E-state index contributed by atoms with van der Waals surface area (Å²) in [5, 5.41) is 4.14. The first-order chi connectivity index (χ1) is 5.08. The van der Waals surface area contributed by atoms with E-state index in [4.69, 9.17) is 0 Å². The SMILES string of the molecule is CSC(C)(C)n1ncnc1C. The Bertz CT molecular complexity index is 242. The van der Waals surface area contributed by atoms with Crippen molar-refractivity contribution in [1.29, 1.82) is 0 Å². The van der Waals surface area contributed by atoms with Crippen molar-refractivity contribution in [3.8, 4) is 0 Å². The Labute approximate surface area is 71.2 Å². The van der Waals surface area contributed by atoms with E-state index in [-0.39, 0.29) is 4.87 Å². The zero-order valence-corrected chi connectivity index (χ0v) is 8.14. The van der Waals surface area contributed by atoms with E-state index in [1.54, 1.807) is 18.1 Å². The Morgan fingerprint density at radius 3 is 2.55 bits per heavy atom. The van der Waals surface area contributed by atoms with Crippen LogP contribution in [0.2, 0.25) is 0 Å². The molecule has 0 spiro atoms. The highest BCUT2D eigenvalue weighted by Gasteiger charge is 2.20. The van der Waals surface area contributed by atoms with Crippen molar-refractivity contribution >= 4 is 11.8 Å². The average molecular weight is 171 g/mol. The molecule has 3 nitrogen and oxygen atoms in total. The number of hydrogen-bond donors (Lipinski definition) is 0. The van der Waals surface area contributed by atoms with E-state index in [1.165, 1.54) is 0 Å². The molecule has 0 aliphatic rings. The largest absolute Gasteiger partial charge is 0.235 e. The minimum atomic E-state index is 0.0145. The van der Waals surface area contributed by atoms with Crippen LogP contribution in [0.25, 0.3) is 0 Å². The van der Waals surface area contributed by atoms with Gasteiger partial charge in [-0.3, -0.25) is 0 Å². The van der Waals surface area contributed by atoms with E-state index in [9.17, 15) is 0 Å². The van der Waals surface area contributed by atoms with Crippen LogP contribution in [0.1, 0.15) is 19.7 Å². The highest BCUT2D eigenvalue weighted by Crippen LogP contribution is 2.26. The Morgan fingerprint density at radius 1 is 1.55 bits per heavy atom. The van der Waals surface area contributed by atoms with Gasteiger partial charge in [-0.15, -0.1) is 11.8 Å². The standard InChI is InChI=1S/C7H13N3S/c1-6-8-5-9-10(6)7(2,3)11-4/h5H,1-4H3. The molecule has 0 aliphatic carbocycles. The van der Waals surface area contributed by atoms with Crippen LogP contribution in [-0.4, -0.2) is 21.0 Å². The van der Waals surface area contributed by atoms with Crippen molar-refractivity contribution < 1.29 is 0 Å². The molecule has 1 rings (SSSR count). The lowest BCUT2D eigenvalue weighted by Crippen LogP contribution is -2.24. The number of aryl methyl sites for hydroxylation is 1. The van der Waals surface area contributed by atoms with Crippen LogP contribution in [-0.2, 0) is 4.87 Å². The monoisotopic (exact) mass is 171 g/mol. The van der Waals surface area contributed by atoms with Crippen LogP contribution in [0, 0.1) is 6.92 Å². The molecule has 0 N–H and O–H groups in total. The molecule has 0 amide bonds. The number of aromatic nitrogens is 3. The predicted molar refractivity (Wildman–Crippen MR) is 47.6 cm³/mol. The van der Waals surface area contributed by atoms with Gasteiger partial charge in [0.1, 0.15) is 17.0 Å². The third-order valence-corrected chi connectivity index (χ3v) is 2.90. The fraction of sp³-hybridized carbons (Fsp3) is 0.714. The van der Waals surface area contributed by atoms with Crippen molar-refractivity contribution in [1.82, 2.24) is 14.8 Å². The first-order valence-corrected chi connectivity index (χ1v) is 4.72. The van der Waals surface area contributed by atoms with Crippen molar-refractivity contribution in [3.05, 3.63) is 12.2 Å². The molecule has 1 aromatic heterocycles. The van der Waals surface area contributed by atoms with Crippen molar-refractivity contribution in [2.24, 2.45) is 0 Å². The number of nitrogens with zero attached hydrogens (tertiary/aromatic N) is 3. The average Bonchev–Trinajstić information content (AvgIpc) is 2.36. The van der Waals surface area contributed by atoms with Crippen molar-refractivity contribution in [2.75, 3.05) is 6.26 Å². The molecule has 0 unspecified atom stereocenters. The minimum Gasteiger partial charge on any atom is -0.235 e. The molecule has 0 saturated heterocycles. The lowest BCUT2D eigenvalue weighted by molar-refractivity contribution is 0.465. The fourth-order valence-corrected chi connectivity index (χ4v) is 1.27. The summed E-state index contributed by atoms with van der Waals surface area (Å²) in [5.41, 5.74) is 0. The van der Waals surface area contributed by atoms with Gasteiger partial charge in [-0.2, -0.15) is 5.10 Å². The van der Waals surface area contributed by atoms with E-state index >= 15 is 0 Å². The zero-order valence-electron chi connectivity index (χ0n) is 7.33. The summed E-state index contributed by atoms with van der Waals surface area (Å²) in [4.78, 5) is 4.08. The topological polar surface area (TPSA) is 30.7 Å². The van der Waals surface area contributed by atoms with Gasteiger partial charge in [-0.25, -0.2) is 9.67 Å². The Morgan fingerprint density at radius 2 is 2.18 bits per heavy atom. The van der Waals surface area contributed by atoms with Gasteiger partial charge in [0.25, 0.3) is 0 Å². The summed E-state index contributed by atoms with van der Waals surface area (Å²) in [6, 6.07) is 0. The third kappa shape index (κ3) is 1.56. The molecule has 11 heavy (non-hydrogen) atoms. The molecule has 0 saturated carbocycles. The molecule has 0 bridgehead atoms. The number of rotatable bonds is 2. The zero-order chi connectivity index (χ0) is 8.48. The molecule has 0 fully saturated rings. The normalized spacial score (nSPS) is 12.0. The highest BCUT2D eigenvalue weighted by atomic mass is 32.2. The van der Waals surface area contributed by atoms with Crippen LogP contribution in [0.4, 0.5) is 0 Å². The van der Waals surface area contributed by atoms with Crippen LogP contribution in [0.15, 0.2) is 6.33 Å². The van der Waals surface area contributed by atoms with Crippen molar-refractivity contribution in [2.45, 2.75) is 25.6 Å². The molecule has 4 heteroatoms. The molecule has 0 aliphatic heterocycles. The van der Waals surface area contributed by atoms with E-state index in [0.29, 0.717) is 0 Å².